The first-order valence-electron chi connectivity index (χ1n) is 10.8. The molecule has 1 atom stereocenters. The van der Waals surface area contributed by atoms with Gasteiger partial charge in [0, 0.05) is 10.6 Å². The van der Waals surface area contributed by atoms with Gasteiger partial charge in [0.1, 0.15) is 0 Å². The van der Waals surface area contributed by atoms with Crippen LogP contribution in [-0.2, 0) is 17.3 Å². The molecule has 0 radical (unpaired) electrons. The highest BCUT2D eigenvalue weighted by Gasteiger charge is 2.31. The fourth-order valence-electron chi connectivity index (χ4n) is 3.97. The first kappa shape index (κ1) is 24.5. The number of fused-ring (bicyclic) bond motifs is 2. The van der Waals surface area contributed by atoms with E-state index in [0.29, 0.717) is 36.8 Å². The lowest BCUT2D eigenvalue weighted by molar-refractivity contribution is 0.0979. The van der Waals surface area contributed by atoms with Gasteiger partial charge in [-0.25, -0.2) is 4.21 Å². The molecule has 1 aliphatic heterocycles. The molecule has 0 bridgehead atoms. The summed E-state index contributed by atoms with van der Waals surface area (Å²) >= 11 is 18.5. The van der Waals surface area contributed by atoms with Crippen LogP contribution in [0.4, 0.5) is 11.4 Å². The topological polar surface area (TPSA) is 66.5 Å². The van der Waals surface area contributed by atoms with Crippen molar-refractivity contribution in [2.24, 2.45) is 0 Å². The zero-order valence-corrected chi connectivity index (χ0v) is 21.6. The van der Waals surface area contributed by atoms with Crippen molar-refractivity contribution in [2.45, 2.75) is 16.3 Å². The van der Waals surface area contributed by atoms with Crippen molar-refractivity contribution >= 4 is 68.8 Å². The summed E-state index contributed by atoms with van der Waals surface area (Å²) in [6, 6.07) is 23.6. The van der Waals surface area contributed by atoms with Crippen LogP contribution in [-0.4, -0.2) is 16.0 Å². The molecule has 1 heterocycles. The van der Waals surface area contributed by atoms with Crippen molar-refractivity contribution in [3.05, 3.63) is 117 Å². The van der Waals surface area contributed by atoms with E-state index in [1.54, 1.807) is 78.9 Å². The van der Waals surface area contributed by atoms with Crippen molar-refractivity contribution in [3.8, 4) is 0 Å². The van der Waals surface area contributed by atoms with Crippen LogP contribution >= 0.6 is 34.8 Å². The standard InChI is InChI=1S/C27H17Cl3N2O3S/c28-18-6-3-5-16(13-18)15-32-22-14-17(26(33)31-21-9-4-8-20(29)25(21)30)11-12-24(22)36(35)23-10-2-1-7-19(23)27(32)34/h1-14H,15H2,(H,31,33)/t36-/m0/s1. The minimum Gasteiger partial charge on any atom is -0.321 e. The predicted octanol–water partition coefficient (Wildman–Crippen LogP) is 7.23. The van der Waals surface area contributed by atoms with E-state index in [9.17, 15) is 13.8 Å². The molecule has 4 aromatic rings. The molecule has 2 amide bonds. The van der Waals surface area contributed by atoms with E-state index in [4.69, 9.17) is 34.8 Å². The molecule has 0 saturated heterocycles. The van der Waals surface area contributed by atoms with Gasteiger partial charge >= 0.3 is 0 Å². The highest BCUT2D eigenvalue weighted by molar-refractivity contribution is 7.85. The average molecular weight is 556 g/mol. The highest BCUT2D eigenvalue weighted by atomic mass is 35.5. The third-order valence-electron chi connectivity index (χ3n) is 5.70. The zero-order valence-electron chi connectivity index (χ0n) is 18.5. The summed E-state index contributed by atoms with van der Waals surface area (Å²) in [5, 5.41) is 3.81. The molecule has 5 nitrogen and oxygen atoms in total. The van der Waals surface area contributed by atoms with Gasteiger partial charge in [0.25, 0.3) is 11.8 Å². The van der Waals surface area contributed by atoms with E-state index in [1.165, 1.54) is 4.90 Å². The van der Waals surface area contributed by atoms with Crippen LogP contribution < -0.4 is 10.2 Å². The summed E-state index contributed by atoms with van der Waals surface area (Å²) in [6.45, 7) is 0.170. The molecule has 0 saturated carbocycles. The highest BCUT2D eigenvalue weighted by Crippen LogP contribution is 2.37. The fraction of sp³-hybridized carbons (Fsp3) is 0.0370. The number of nitrogens with one attached hydrogen (secondary N) is 1. The van der Waals surface area contributed by atoms with Gasteiger partial charge in [-0.3, -0.25) is 9.59 Å². The Morgan fingerprint density at radius 2 is 1.64 bits per heavy atom. The molecule has 1 N–H and O–H groups in total. The van der Waals surface area contributed by atoms with Crippen molar-refractivity contribution in [2.75, 3.05) is 10.2 Å². The Hall–Kier alpha value is -3.16. The molecule has 0 unspecified atom stereocenters. The lowest BCUT2D eigenvalue weighted by atomic mass is 10.1. The Labute approximate surface area is 225 Å². The number of rotatable bonds is 4. The van der Waals surface area contributed by atoms with E-state index in [-0.39, 0.29) is 23.0 Å². The number of hydrogen-bond donors (Lipinski definition) is 1. The fourth-order valence-corrected chi connectivity index (χ4v) is 5.88. The maximum Gasteiger partial charge on any atom is 0.259 e. The van der Waals surface area contributed by atoms with E-state index in [1.807, 2.05) is 6.07 Å². The second-order valence-corrected chi connectivity index (χ2v) is 10.7. The monoisotopic (exact) mass is 554 g/mol. The number of carbonyl (C=O) groups is 2. The number of benzene rings is 4. The molecular formula is C27H17Cl3N2O3S. The molecule has 0 aromatic heterocycles. The summed E-state index contributed by atoms with van der Waals surface area (Å²) in [7, 11) is -1.64. The van der Waals surface area contributed by atoms with Crippen molar-refractivity contribution in [3.63, 3.8) is 0 Å². The van der Waals surface area contributed by atoms with Gasteiger partial charge in [0.2, 0.25) is 0 Å². The molecule has 0 spiro atoms. The SMILES string of the molecule is O=C(Nc1cccc(Cl)c1Cl)c1ccc2c(c1)N(Cc1cccc(Cl)c1)C(=O)c1ccccc1[S@@]2=O. The van der Waals surface area contributed by atoms with Crippen LogP contribution in [0.2, 0.25) is 15.1 Å². The second-order valence-electron chi connectivity index (χ2n) is 8.02. The molecule has 1 aliphatic rings. The predicted molar refractivity (Wildman–Crippen MR) is 144 cm³/mol. The van der Waals surface area contributed by atoms with Gasteiger partial charge in [0.05, 0.1) is 54.1 Å². The van der Waals surface area contributed by atoms with Crippen LogP contribution in [0.25, 0.3) is 0 Å². The summed E-state index contributed by atoms with van der Waals surface area (Å²) in [5.41, 5.74) is 2.11. The zero-order chi connectivity index (χ0) is 25.4. The molecule has 5 rings (SSSR count). The minimum atomic E-state index is -1.64. The van der Waals surface area contributed by atoms with E-state index in [2.05, 4.69) is 5.32 Å². The normalized spacial score (nSPS) is 14.6. The number of amides is 2. The molecule has 4 aromatic carbocycles. The molecular weight excluding hydrogens is 539 g/mol. The number of nitrogens with zero attached hydrogens (tertiary/aromatic N) is 1. The summed E-state index contributed by atoms with van der Waals surface area (Å²) < 4.78 is 13.6. The van der Waals surface area contributed by atoms with E-state index in [0.717, 1.165) is 5.56 Å². The van der Waals surface area contributed by atoms with E-state index >= 15 is 0 Å². The molecule has 36 heavy (non-hydrogen) atoms. The van der Waals surface area contributed by atoms with Crippen LogP contribution in [0.15, 0.2) is 94.7 Å². The molecule has 9 heteroatoms. The summed E-state index contributed by atoms with van der Waals surface area (Å²) in [5.74, 6) is -0.780. The second kappa shape index (κ2) is 10.1. The Balaban J connectivity index is 1.60. The van der Waals surface area contributed by atoms with Gasteiger partial charge in [-0.1, -0.05) is 65.1 Å². The van der Waals surface area contributed by atoms with Crippen LogP contribution in [0, 0.1) is 0 Å². The maximum atomic E-state index is 13.7. The third kappa shape index (κ3) is 4.65. The Bertz CT molecular complexity index is 1560. The van der Waals surface area contributed by atoms with Crippen molar-refractivity contribution in [1.82, 2.24) is 0 Å². The van der Waals surface area contributed by atoms with Crippen molar-refractivity contribution < 1.29 is 13.8 Å². The largest absolute Gasteiger partial charge is 0.321 e. The minimum absolute atomic E-state index is 0.170. The number of carbonyl (C=O) groups excluding carboxylic acids is 2. The molecule has 180 valence electrons. The Kier molecular flexibility index (Phi) is 6.86. The third-order valence-corrected chi connectivity index (χ3v) is 8.26. The summed E-state index contributed by atoms with van der Waals surface area (Å²) in [4.78, 5) is 29.2. The van der Waals surface area contributed by atoms with Gasteiger partial charge in [-0.05, 0) is 60.2 Å². The maximum absolute atomic E-state index is 13.7. The number of hydrogen-bond acceptors (Lipinski definition) is 3. The molecule has 0 aliphatic carbocycles. The number of anilines is 2. The van der Waals surface area contributed by atoms with Crippen molar-refractivity contribution in [1.29, 1.82) is 0 Å². The Morgan fingerprint density at radius 1 is 0.861 bits per heavy atom. The van der Waals surface area contributed by atoms with Crippen LogP contribution in [0.3, 0.4) is 0 Å². The Morgan fingerprint density at radius 3 is 2.44 bits per heavy atom. The first-order valence-corrected chi connectivity index (χ1v) is 13.1. The van der Waals surface area contributed by atoms with Crippen LogP contribution in [0.1, 0.15) is 26.3 Å². The van der Waals surface area contributed by atoms with Gasteiger partial charge in [-0.2, -0.15) is 0 Å². The first-order chi connectivity index (χ1) is 17.3. The smallest absolute Gasteiger partial charge is 0.259 e. The summed E-state index contributed by atoms with van der Waals surface area (Å²) in [6.07, 6.45) is 0. The van der Waals surface area contributed by atoms with Gasteiger partial charge in [-0.15, -0.1) is 0 Å². The number of halogens is 3. The lowest BCUT2D eigenvalue weighted by Gasteiger charge is -2.24. The van der Waals surface area contributed by atoms with Gasteiger partial charge < -0.3 is 10.2 Å². The average Bonchev–Trinajstić information content (AvgIpc) is 2.96. The van der Waals surface area contributed by atoms with Crippen LogP contribution in [0.5, 0.6) is 0 Å². The van der Waals surface area contributed by atoms with Gasteiger partial charge in [0.15, 0.2) is 0 Å². The molecule has 0 fully saturated rings. The quantitative estimate of drug-likeness (QED) is 0.289. The van der Waals surface area contributed by atoms with E-state index < -0.39 is 16.7 Å². The lowest BCUT2D eigenvalue weighted by Crippen LogP contribution is -2.30.